The summed E-state index contributed by atoms with van der Waals surface area (Å²) < 4.78 is 0. The van der Waals surface area contributed by atoms with Crippen LogP contribution in [-0.4, -0.2) is 5.91 Å². The molecule has 20 heavy (non-hydrogen) atoms. The Morgan fingerprint density at radius 3 is 2.45 bits per heavy atom. The SMILES string of the molecule is Cc1ccc(Nc2c(Cl)cc(N)cc2C(N)=O)c(Cl)c1. The fourth-order valence-corrected chi connectivity index (χ4v) is 2.36. The summed E-state index contributed by atoms with van der Waals surface area (Å²) in [6.07, 6.45) is 0. The number of nitrogens with one attached hydrogen (secondary N) is 1. The van der Waals surface area contributed by atoms with Gasteiger partial charge in [0.1, 0.15) is 0 Å². The number of anilines is 3. The minimum Gasteiger partial charge on any atom is -0.399 e. The van der Waals surface area contributed by atoms with Gasteiger partial charge in [-0.05, 0) is 36.8 Å². The average molecular weight is 310 g/mol. The summed E-state index contributed by atoms with van der Waals surface area (Å²) >= 11 is 12.3. The summed E-state index contributed by atoms with van der Waals surface area (Å²) in [6.45, 7) is 1.93. The lowest BCUT2D eigenvalue weighted by Crippen LogP contribution is -2.14. The van der Waals surface area contributed by atoms with Gasteiger partial charge >= 0.3 is 0 Å². The first-order chi connectivity index (χ1) is 9.38. The lowest BCUT2D eigenvalue weighted by molar-refractivity contribution is 0.100. The van der Waals surface area contributed by atoms with Gasteiger partial charge in [-0.2, -0.15) is 0 Å². The van der Waals surface area contributed by atoms with E-state index in [1.807, 2.05) is 13.0 Å². The van der Waals surface area contributed by atoms with E-state index in [2.05, 4.69) is 5.32 Å². The molecule has 0 saturated carbocycles. The molecule has 2 aromatic rings. The first-order valence-corrected chi connectivity index (χ1v) is 6.56. The number of hydrogen-bond acceptors (Lipinski definition) is 3. The molecule has 0 bridgehead atoms. The number of carbonyl (C=O) groups excluding carboxylic acids is 1. The van der Waals surface area contributed by atoms with Crippen LogP contribution in [0.4, 0.5) is 17.1 Å². The third kappa shape index (κ3) is 2.98. The van der Waals surface area contributed by atoms with Crippen molar-refractivity contribution in [3.05, 3.63) is 51.5 Å². The van der Waals surface area contributed by atoms with Crippen molar-refractivity contribution >= 4 is 46.2 Å². The third-order valence-electron chi connectivity index (χ3n) is 2.76. The fraction of sp³-hybridized carbons (Fsp3) is 0.0714. The minimum absolute atomic E-state index is 0.214. The molecule has 0 aliphatic heterocycles. The number of rotatable bonds is 3. The quantitative estimate of drug-likeness (QED) is 0.756. The molecule has 2 aromatic carbocycles. The molecule has 0 aliphatic carbocycles. The molecule has 0 heterocycles. The molecule has 6 heteroatoms. The molecule has 1 amide bonds. The summed E-state index contributed by atoms with van der Waals surface area (Å²) in [5, 5.41) is 3.85. The van der Waals surface area contributed by atoms with Crippen LogP contribution >= 0.6 is 23.2 Å². The average Bonchev–Trinajstić information content (AvgIpc) is 2.34. The number of halogens is 2. The largest absolute Gasteiger partial charge is 0.399 e. The maximum Gasteiger partial charge on any atom is 0.250 e. The van der Waals surface area contributed by atoms with Gasteiger partial charge in [0.2, 0.25) is 0 Å². The number of aryl methyl sites for hydroxylation is 1. The lowest BCUT2D eigenvalue weighted by atomic mass is 10.1. The summed E-state index contributed by atoms with van der Waals surface area (Å²) in [5.74, 6) is -0.620. The van der Waals surface area contributed by atoms with Crippen molar-refractivity contribution in [2.75, 3.05) is 11.1 Å². The Hall–Kier alpha value is -1.91. The number of hydrogen-bond donors (Lipinski definition) is 3. The molecule has 0 radical (unpaired) electrons. The Kier molecular flexibility index (Phi) is 4.06. The Morgan fingerprint density at radius 1 is 1.15 bits per heavy atom. The summed E-state index contributed by atoms with van der Waals surface area (Å²) in [5.41, 5.74) is 13.6. The van der Waals surface area contributed by atoms with Gasteiger partial charge in [-0.15, -0.1) is 0 Å². The zero-order valence-corrected chi connectivity index (χ0v) is 12.2. The van der Waals surface area contributed by atoms with Crippen LogP contribution in [0.2, 0.25) is 10.0 Å². The van der Waals surface area contributed by atoms with E-state index in [4.69, 9.17) is 34.7 Å². The highest BCUT2D eigenvalue weighted by Crippen LogP contribution is 2.34. The van der Waals surface area contributed by atoms with Crippen molar-refractivity contribution in [3.8, 4) is 0 Å². The molecule has 4 nitrogen and oxygen atoms in total. The fourth-order valence-electron chi connectivity index (χ4n) is 1.81. The third-order valence-corrected chi connectivity index (χ3v) is 3.37. The van der Waals surface area contributed by atoms with Gasteiger partial charge in [0.25, 0.3) is 5.91 Å². The van der Waals surface area contributed by atoms with Crippen molar-refractivity contribution in [1.82, 2.24) is 0 Å². The van der Waals surface area contributed by atoms with Crippen LogP contribution in [0.15, 0.2) is 30.3 Å². The van der Waals surface area contributed by atoms with Gasteiger partial charge < -0.3 is 16.8 Å². The molecule has 0 atom stereocenters. The molecule has 5 N–H and O–H groups in total. The van der Waals surface area contributed by atoms with Crippen LogP contribution < -0.4 is 16.8 Å². The number of amides is 1. The molecule has 2 rings (SSSR count). The molecule has 0 saturated heterocycles. The van der Waals surface area contributed by atoms with E-state index in [-0.39, 0.29) is 5.56 Å². The number of nitrogen functional groups attached to an aromatic ring is 1. The number of primary amides is 1. The predicted octanol–water partition coefficient (Wildman–Crippen LogP) is 3.73. The molecule has 0 unspecified atom stereocenters. The molecule has 0 fully saturated rings. The first-order valence-electron chi connectivity index (χ1n) is 5.80. The summed E-state index contributed by atoms with van der Waals surface area (Å²) in [6, 6.07) is 8.51. The Bertz CT molecular complexity index is 686. The van der Waals surface area contributed by atoms with Crippen LogP contribution in [0, 0.1) is 6.92 Å². The topological polar surface area (TPSA) is 81.1 Å². The van der Waals surface area contributed by atoms with Crippen molar-refractivity contribution in [2.45, 2.75) is 6.92 Å². The Morgan fingerprint density at radius 2 is 1.85 bits per heavy atom. The molecular weight excluding hydrogens is 297 g/mol. The maximum absolute atomic E-state index is 11.5. The molecule has 0 aliphatic rings. The zero-order valence-electron chi connectivity index (χ0n) is 10.7. The highest BCUT2D eigenvalue weighted by Gasteiger charge is 2.14. The van der Waals surface area contributed by atoms with E-state index >= 15 is 0 Å². The van der Waals surface area contributed by atoms with E-state index in [9.17, 15) is 4.79 Å². The first kappa shape index (κ1) is 14.5. The summed E-state index contributed by atoms with van der Waals surface area (Å²) in [4.78, 5) is 11.5. The molecular formula is C14H13Cl2N3O. The predicted molar refractivity (Wildman–Crippen MR) is 83.9 cm³/mol. The van der Waals surface area contributed by atoms with Crippen LogP contribution in [0.5, 0.6) is 0 Å². The number of nitrogens with two attached hydrogens (primary N) is 2. The second-order valence-corrected chi connectivity index (χ2v) is 5.21. The van der Waals surface area contributed by atoms with E-state index in [0.29, 0.717) is 27.1 Å². The van der Waals surface area contributed by atoms with Gasteiger partial charge in [0.05, 0.1) is 27.0 Å². The van der Waals surface area contributed by atoms with Crippen LogP contribution in [-0.2, 0) is 0 Å². The number of benzene rings is 2. The Balaban J connectivity index is 2.50. The highest BCUT2D eigenvalue weighted by molar-refractivity contribution is 6.35. The van der Waals surface area contributed by atoms with E-state index in [1.165, 1.54) is 6.07 Å². The van der Waals surface area contributed by atoms with E-state index in [1.54, 1.807) is 18.2 Å². The van der Waals surface area contributed by atoms with Gasteiger partial charge in [-0.1, -0.05) is 29.3 Å². The zero-order chi connectivity index (χ0) is 14.9. The standard InChI is InChI=1S/C14H13Cl2N3O/c1-7-2-3-12(10(15)4-7)19-13-9(14(18)20)5-8(17)6-11(13)16/h2-6,19H,17H2,1H3,(H2,18,20). The second-order valence-electron chi connectivity index (χ2n) is 4.40. The molecule has 104 valence electrons. The van der Waals surface area contributed by atoms with Crippen LogP contribution in [0.1, 0.15) is 15.9 Å². The van der Waals surface area contributed by atoms with Gasteiger partial charge in [-0.25, -0.2) is 0 Å². The molecule has 0 spiro atoms. The van der Waals surface area contributed by atoms with Crippen molar-refractivity contribution in [2.24, 2.45) is 5.73 Å². The second kappa shape index (κ2) is 5.61. The van der Waals surface area contributed by atoms with Crippen molar-refractivity contribution in [1.29, 1.82) is 0 Å². The van der Waals surface area contributed by atoms with Gasteiger partial charge in [0, 0.05) is 5.69 Å². The normalized spacial score (nSPS) is 10.3. The Labute approximate surface area is 126 Å². The van der Waals surface area contributed by atoms with Crippen LogP contribution in [0.25, 0.3) is 0 Å². The summed E-state index contributed by atoms with van der Waals surface area (Å²) in [7, 11) is 0. The smallest absolute Gasteiger partial charge is 0.250 e. The van der Waals surface area contributed by atoms with Gasteiger partial charge in [0.15, 0.2) is 0 Å². The molecule has 0 aromatic heterocycles. The number of carbonyl (C=O) groups is 1. The highest BCUT2D eigenvalue weighted by atomic mass is 35.5. The van der Waals surface area contributed by atoms with Gasteiger partial charge in [-0.3, -0.25) is 4.79 Å². The van der Waals surface area contributed by atoms with Crippen molar-refractivity contribution in [3.63, 3.8) is 0 Å². The lowest BCUT2D eigenvalue weighted by Gasteiger charge is -2.14. The van der Waals surface area contributed by atoms with Crippen molar-refractivity contribution < 1.29 is 4.79 Å². The van der Waals surface area contributed by atoms with E-state index in [0.717, 1.165) is 5.56 Å². The monoisotopic (exact) mass is 309 g/mol. The van der Waals surface area contributed by atoms with Crippen LogP contribution in [0.3, 0.4) is 0 Å². The van der Waals surface area contributed by atoms with E-state index < -0.39 is 5.91 Å². The minimum atomic E-state index is -0.620. The maximum atomic E-state index is 11.5.